The Morgan fingerprint density at radius 1 is 1.33 bits per heavy atom. The van der Waals surface area contributed by atoms with Gasteiger partial charge in [-0.3, -0.25) is 4.79 Å². The fourth-order valence-electron chi connectivity index (χ4n) is 3.40. The van der Waals surface area contributed by atoms with Gasteiger partial charge in [0.2, 0.25) is 0 Å². The highest BCUT2D eigenvalue weighted by atomic mass is 19.4. The molecule has 1 aromatic rings. The van der Waals surface area contributed by atoms with Crippen molar-refractivity contribution < 1.29 is 18.0 Å². The Morgan fingerprint density at radius 2 is 2.05 bits per heavy atom. The van der Waals surface area contributed by atoms with Crippen molar-refractivity contribution in [1.82, 2.24) is 10.2 Å². The predicted molar refractivity (Wildman–Crippen MR) is 72.3 cm³/mol. The lowest BCUT2D eigenvalue weighted by Crippen LogP contribution is -2.46. The first kappa shape index (κ1) is 14.4. The maximum atomic E-state index is 13.3. The predicted octanol–water partition coefficient (Wildman–Crippen LogP) is 2.41. The minimum atomic E-state index is -4.51. The second-order valence-corrected chi connectivity index (χ2v) is 5.71. The summed E-state index contributed by atoms with van der Waals surface area (Å²) >= 11 is 0. The van der Waals surface area contributed by atoms with E-state index in [4.69, 9.17) is 0 Å². The molecule has 3 nitrogen and oxygen atoms in total. The first-order valence-electron chi connectivity index (χ1n) is 7.06. The van der Waals surface area contributed by atoms with Gasteiger partial charge in [0, 0.05) is 26.1 Å². The zero-order valence-corrected chi connectivity index (χ0v) is 11.9. The van der Waals surface area contributed by atoms with Crippen LogP contribution in [0.3, 0.4) is 0 Å². The van der Waals surface area contributed by atoms with Gasteiger partial charge in [0.05, 0.1) is 17.2 Å². The number of nitrogens with zero attached hydrogens (tertiary/aromatic N) is 1. The summed E-state index contributed by atoms with van der Waals surface area (Å²) in [5.41, 5.74) is 0.232. The van der Waals surface area contributed by atoms with Gasteiger partial charge in [0.1, 0.15) is 0 Å². The molecular weight excluding hydrogens is 281 g/mol. The van der Waals surface area contributed by atoms with Crippen LogP contribution in [0.1, 0.15) is 39.9 Å². The van der Waals surface area contributed by atoms with Crippen LogP contribution in [0, 0.1) is 0 Å². The second-order valence-electron chi connectivity index (χ2n) is 5.71. The average Bonchev–Trinajstić information content (AvgIpc) is 2.92. The summed E-state index contributed by atoms with van der Waals surface area (Å²) < 4.78 is 40.0. The van der Waals surface area contributed by atoms with Crippen molar-refractivity contribution in [1.29, 1.82) is 0 Å². The molecule has 0 bridgehead atoms. The smallest absolute Gasteiger partial charge is 0.337 e. The maximum absolute atomic E-state index is 13.3. The number of carbonyl (C=O) groups is 1. The summed E-state index contributed by atoms with van der Waals surface area (Å²) in [5.74, 6) is -0.583. The average molecular weight is 298 g/mol. The standard InChI is InChI=1S/C15H17F3N2O/c1-3-8-4-9-10-6-19-7-12(10)20(2)14(21)13(9)11(5-8)15(16,17)18/h4-5,10,12,19H,3,6-7H2,1-2H3/t10-,12+/m1/s1. The van der Waals surface area contributed by atoms with E-state index in [1.807, 2.05) is 6.92 Å². The van der Waals surface area contributed by atoms with E-state index < -0.39 is 17.6 Å². The quantitative estimate of drug-likeness (QED) is 0.863. The highest BCUT2D eigenvalue weighted by Gasteiger charge is 2.46. The topological polar surface area (TPSA) is 32.3 Å². The summed E-state index contributed by atoms with van der Waals surface area (Å²) in [6, 6.07) is 2.84. The van der Waals surface area contributed by atoms with Gasteiger partial charge in [-0.05, 0) is 23.6 Å². The lowest BCUT2D eigenvalue weighted by molar-refractivity contribution is -0.138. The van der Waals surface area contributed by atoms with Crippen LogP contribution in [0.15, 0.2) is 12.1 Å². The van der Waals surface area contributed by atoms with Gasteiger partial charge >= 0.3 is 6.18 Å². The summed E-state index contributed by atoms with van der Waals surface area (Å²) in [6.45, 7) is 3.06. The van der Waals surface area contributed by atoms with Crippen molar-refractivity contribution in [2.24, 2.45) is 0 Å². The van der Waals surface area contributed by atoms with Gasteiger partial charge in [-0.1, -0.05) is 13.0 Å². The van der Waals surface area contributed by atoms with E-state index in [2.05, 4.69) is 5.32 Å². The third-order valence-electron chi connectivity index (χ3n) is 4.56. The normalized spacial score (nSPS) is 25.0. The number of hydrogen-bond acceptors (Lipinski definition) is 2. The van der Waals surface area contributed by atoms with Gasteiger partial charge in [-0.15, -0.1) is 0 Å². The van der Waals surface area contributed by atoms with Crippen molar-refractivity contribution in [2.75, 3.05) is 20.1 Å². The number of likely N-dealkylation sites (N-methyl/N-ethyl adjacent to an activating group) is 1. The van der Waals surface area contributed by atoms with Gasteiger partial charge in [-0.25, -0.2) is 0 Å². The van der Waals surface area contributed by atoms with Crippen LogP contribution in [0.4, 0.5) is 13.2 Å². The Labute approximate surface area is 121 Å². The van der Waals surface area contributed by atoms with Crippen LogP contribution in [0.5, 0.6) is 0 Å². The van der Waals surface area contributed by atoms with Crippen LogP contribution >= 0.6 is 0 Å². The number of alkyl halides is 3. The molecule has 0 radical (unpaired) electrons. The molecule has 0 aliphatic carbocycles. The van der Waals surface area contributed by atoms with Crippen molar-refractivity contribution >= 4 is 5.91 Å². The van der Waals surface area contributed by atoms with Crippen molar-refractivity contribution in [3.63, 3.8) is 0 Å². The van der Waals surface area contributed by atoms with Crippen LogP contribution in [-0.4, -0.2) is 37.0 Å². The largest absolute Gasteiger partial charge is 0.417 e. The number of halogens is 3. The van der Waals surface area contributed by atoms with E-state index in [0.717, 1.165) is 6.07 Å². The minimum Gasteiger partial charge on any atom is -0.337 e. The Balaban J connectivity index is 2.27. The molecule has 0 saturated carbocycles. The zero-order valence-electron chi connectivity index (χ0n) is 11.9. The van der Waals surface area contributed by atoms with Gasteiger partial charge < -0.3 is 10.2 Å². The molecule has 2 atom stereocenters. The monoisotopic (exact) mass is 298 g/mol. The molecule has 1 N–H and O–H groups in total. The van der Waals surface area contributed by atoms with Gasteiger partial charge in [0.25, 0.3) is 5.91 Å². The molecule has 114 valence electrons. The molecule has 2 aliphatic heterocycles. The van der Waals surface area contributed by atoms with Crippen LogP contribution < -0.4 is 5.32 Å². The molecular formula is C15H17F3N2O. The number of benzene rings is 1. The van der Waals surface area contributed by atoms with E-state index in [0.29, 0.717) is 30.6 Å². The number of fused-ring (bicyclic) bond motifs is 3. The summed E-state index contributed by atoms with van der Waals surface area (Å²) in [6.07, 6.45) is -3.99. The molecule has 0 aromatic heterocycles. The first-order chi connectivity index (χ1) is 9.84. The lowest BCUT2D eigenvalue weighted by Gasteiger charge is -2.37. The molecule has 21 heavy (non-hydrogen) atoms. The number of rotatable bonds is 1. The fourth-order valence-corrected chi connectivity index (χ4v) is 3.40. The van der Waals surface area contributed by atoms with Gasteiger partial charge in [-0.2, -0.15) is 13.2 Å². The highest BCUT2D eigenvalue weighted by molar-refractivity contribution is 5.99. The zero-order chi connectivity index (χ0) is 15.4. The van der Waals surface area contributed by atoms with Crippen LogP contribution in [0.25, 0.3) is 0 Å². The van der Waals surface area contributed by atoms with E-state index in [-0.39, 0.29) is 17.5 Å². The fraction of sp³-hybridized carbons (Fsp3) is 0.533. The molecule has 0 spiro atoms. The maximum Gasteiger partial charge on any atom is 0.417 e. The SMILES string of the molecule is CCc1cc2c(c(C(F)(F)F)c1)C(=O)N(C)[C@H]1CNC[C@H]21. The van der Waals surface area contributed by atoms with E-state index >= 15 is 0 Å². The van der Waals surface area contributed by atoms with E-state index in [9.17, 15) is 18.0 Å². The van der Waals surface area contributed by atoms with Crippen molar-refractivity contribution in [3.05, 3.63) is 34.4 Å². The van der Waals surface area contributed by atoms with Crippen LogP contribution in [-0.2, 0) is 12.6 Å². The van der Waals surface area contributed by atoms with Crippen molar-refractivity contribution in [3.8, 4) is 0 Å². The van der Waals surface area contributed by atoms with E-state index in [1.54, 1.807) is 13.1 Å². The molecule has 3 rings (SSSR count). The number of nitrogens with one attached hydrogen (secondary N) is 1. The molecule has 2 heterocycles. The van der Waals surface area contributed by atoms with Crippen molar-refractivity contribution in [2.45, 2.75) is 31.5 Å². The Bertz CT molecular complexity index is 597. The number of aryl methyl sites for hydroxylation is 1. The molecule has 1 fully saturated rings. The van der Waals surface area contributed by atoms with E-state index in [1.165, 1.54) is 4.90 Å². The highest BCUT2D eigenvalue weighted by Crippen LogP contribution is 2.42. The second kappa shape index (κ2) is 4.73. The number of amides is 1. The summed E-state index contributed by atoms with van der Waals surface area (Å²) in [5, 5.41) is 3.18. The first-order valence-corrected chi connectivity index (χ1v) is 7.06. The Morgan fingerprint density at radius 3 is 2.67 bits per heavy atom. The summed E-state index contributed by atoms with van der Waals surface area (Å²) in [7, 11) is 1.59. The molecule has 2 aliphatic rings. The Hall–Kier alpha value is -1.56. The molecule has 0 unspecified atom stereocenters. The molecule has 1 aromatic carbocycles. The lowest BCUT2D eigenvalue weighted by atomic mass is 9.81. The van der Waals surface area contributed by atoms with Gasteiger partial charge in [0.15, 0.2) is 0 Å². The molecule has 1 amide bonds. The summed E-state index contributed by atoms with van der Waals surface area (Å²) in [4.78, 5) is 13.9. The molecule has 1 saturated heterocycles. The number of carbonyl (C=O) groups excluding carboxylic acids is 1. The number of hydrogen-bond donors (Lipinski definition) is 1. The third kappa shape index (κ3) is 2.12. The Kier molecular flexibility index (Phi) is 3.24. The third-order valence-corrected chi connectivity index (χ3v) is 4.56. The minimum absolute atomic E-state index is 0.0572. The van der Waals surface area contributed by atoms with Crippen LogP contribution in [0.2, 0.25) is 0 Å². The molecule has 6 heteroatoms.